The Kier molecular flexibility index (Phi) is 3.65. The standard InChI is InChI=1S/C14H10FNO4/c15-9-5-3-7-11(17)12(9)13(18)16-10-6-2-1-4-8(10)14(19)20/h1-7,17H,(H,16,18)(H,19,20). The van der Waals surface area contributed by atoms with Gasteiger partial charge in [-0.15, -0.1) is 0 Å². The number of carbonyl (C=O) groups excluding carboxylic acids is 1. The Labute approximate surface area is 113 Å². The topological polar surface area (TPSA) is 86.6 Å². The van der Waals surface area contributed by atoms with E-state index in [1.165, 1.54) is 36.4 Å². The van der Waals surface area contributed by atoms with Gasteiger partial charge in [0.05, 0.1) is 11.3 Å². The molecule has 0 unspecified atom stereocenters. The molecule has 0 atom stereocenters. The number of hydrogen-bond donors (Lipinski definition) is 3. The number of amides is 1. The molecule has 20 heavy (non-hydrogen) atoms. The van der Waals surface area contributed by atoms with Gasteiger partial charge in [0, 0.05) is 0 Å². The van der Waals surface area contributed by atoms with Crippen molar-refractivity contribution in [1.29, 1.82) is 0 Å². The third-order valence-corrected chi connectivity index (χ3v) is 2.62. The maximum Gasteiger partial charge on any atom is 0.337 e. The van der Waals surface area contributed by atoms with Gasteiger partial charge in [0.2, 0.25) is 0 Å². The Balaban J connectivity index is 2.36. The SMILES string of the molecule is O=C(O)c1ccccc1NC(=O)c1c(O)cccc1F. The monoisotopic (exact) mass is 275 g/mol. The summed E-state index contributed by atoms with van der Waals surface area (Å²) in [6, 6.07) is 9.16. The molecule has 3 N–H and O–H groups in total. The van der Waals surface area contributed by atoms with Crippen molar-refractivity contribution in [3.8, 4) is 5.75 Å². The van der Waals surface area contributed by atoms with Crippen molar-refractivity contribution in [1.82, 2.24) is 0 Å². The maximum absolute atomic E-state index is 13.5. The lowest BCUT2D eigenvalue weighted by molar-refractivity contribution is 0.0698. The summed E-state index contributed by atoms with van der Waals surface area (Å²) in [5.74, 6) is -3.56. The lowest BCUT2D eigenvalue weighted by atomic mass is 10.1. The fourth-order valence-corrected chi connectivity index (χ4v) is 1.70. The molecule has 2 aromatic carbocycles. The molecule has 6 heteroatoms. The van der Waals surface area contributed by atoms with E-state index in [0.717, 1.165) is 6.07 Å². The van der Waals surface area contributed by atoms with Crippen LogP contribution in [0.2, 0.25) is 0 Å². The number of phenols is 1. The molecule has 0 aliphatic rings. The molecule has 0 saturated carbocycles. The first-order chi connectivity index (χ1) is 9.50. The number of carboxylic acid groups (broad SMARTS) is 1. The zero-order valence-corrected chi connectivity index (χ0v) is 10.1. The first-order valence-corrected chi connectivity index (χ1v) is 5.62. The molecule has 0 heterocycles. The Morgan fingerprint density at radius 1 is 1.05 bits per heavy atom. The van der Waals surface area contributed by atoms with E-state index in [2.05, 4.69) is 5.32 Å². The Hall–Kier alpha value is -2.89. The minimum atomic E-state index is -1.22. The van der Waals surface area contributed by atoms with Gasteiger partial charge in [-0.3, -0.25) is 4.79 Å². The molecule has 1 amide bonds. The summed E-state index contributed by atoms with van der Waals surface area (Å²) >= 11 is 0. The van der Waals surface area contributed by atoms with Gasteiger partial charge in [0.1, 0.15) is 17.1 Å². The summed E-state index contributed by atoms with van der Waals surface area (Å²) in [6.07, 6.45) is 0. The number of halogens is 1. The van der Waals surface area contributed by atoms with Crippen molar-refractivity contribution in [2.75, 3.05) is 5.32 Å². The zero-order valence-electron chi connectivity index (χ0n) is 10.1. The molecule has 0 saturated heterocycles. The van der Waals surface area contributed by atoms with Crippen LogP contribution in [0, 0.1) is 5.82 Å². The van der Waals surface area contributed by atoms with Gasteiger partial charge in [-0.25, -0.2) is 9.18 Å². The van der Waals surface area contributed by atoms with Crippen LogP contribution in [0.5, 0.6) is 5.75 Å². The van der Waals surface area contributed by atoms with E-state index < -0.39 is 29.0 Å². The van der Waals surface area contributed by atoms with Crippen LogP contribution in [-0.4, -0.2) is 22.1 Å². The molecule has 0 aliphatic carbocycles. The summed E-state index contributed by atoms with van der Waals surface area (Å²) in [7, 11) is 0. The molecule has 0 radical (unpaired) electrons. The van der Waals surface area contributed by atoms with Crippen molar-refractivity contribution in [3.05, 3.63) is 59.4 Å². The largest absolute Gasteiger partial charge is 0.507 e. The normalized spacial score (nSPS) is 10.1. The van der Waals surface area contributed by atoms with Gasteiger partial charge in [0.25, 0.3) is 5.91 Å². The summed E-state index contributed by atoms with van der Waals surface area (Å²) < 4.78 is 13.5. The molecule has 2 rings (SSSR count). The van der Waals surface area contributed by atoms with Crippen molar-refractivity contribution in [2.24, 2.45) is 0 Å². The number of benzene rings is 2. The van der Waals surface area contributed by atoms with Crippen LogP contribution in [0.3, 0.4) is 0 Å². The number of para-hydroxylation sites is 1. The average molecular weight is 275 g/mol. The van der Waals surface area contributed by atoms with Crippen LogP contribution in [-0.2, 0) is 0 Å². The predicted octanol–water partition coefficient (Wildman–Crippen LogP) is 2.48. The van der Waals surface area contributed by atoms with Crippen molar-refractivity contribution >= 4 is 17.6 Å². The molecule has 0 spiro atoms. The van der Waals surface area contributed by atoms with Crippen molar-refractivity contribution < 1.29 is 24.2 Å². The average Bonchev–Trinajstić information content (AvgIpc) is 2.38. The second-order valence-corrected chi connectivity index (χ2v) is 3.94. The predicted molar refractivity (Wildman–Crippen MR) is 69.4 cm³/mol. The fourth-order valence-electron chi connectivity index (χ4n) is 1.70. The minimum absolute atomic E-state index is 0.0210. The Bertz CT molecular complexity index is 664. The molecule has 0 aliphatic heterocycles. The van der Waals surface area contributed by atoms with Crippen LogP contribution in [0.1, 0.15) is 20.7 Å². The molecular formula is C14H10FNO4. The molecule has 0 aromatic heterocycles. The van der Waals surface area contributed by atoms with Gasteiger partial charge < -0.3 is 15.5 Å². The van der Waals surface area contributed by atoms with Gasteiger partial charge >= 0.3 is 5.97 Å². The lowest BCUT2D eigenvalue weighted by Gasteiger charge is -2.09. The van der Waals surface area contributed by atoms with Crippen molar-refractivity contribution in [3.63, 3.8) is 0 Å². The molecule has 2 aromatic rings. The highest BCUT2D eigenvalue weighted by Gasteiger charge is 2.18. The van der Waals surface area contributed by atoms with Crippen molar-refractivity contribution in [2.45, 2.75) is 0 Å². The molecular weight excluding hydrogens is 265 g/mol. The third kappa shape index (κ3) is 2.59. The highest BCUT2D eigenvalue weighted by molar-refractivity contribution is 6.09. The number of phenolic OH excluding ortho intramolecular Hbond substituents is 1. The molecule has 102 valence electrons. The molecule has 0 fully saturated rings. The van der Waals surface area contributed by atoms with E-state index in [0.29, 0.717) is 0 Å². The van der Waals surface area contributed by atoms with Crippen LogP contribution in [0.4, 0.5) is 10.1 Å². The zero-order chi connectivity index (χ0) is 14.7. The van der Waals surface area contributed by atoms with Crippen LogP contribution in [0.25, 0.3) is 0 Å². The fraction of sp³-hybridized carbons (Fsp3) is 0. The van der Waals surface area contributed by atoms with E-state index >= 15 is 0 Å². The summed E-state index contributed by atoms with van der Waals surface area (Å²) in [6.45, 7) is 0. The first-order valence-electron chi connectivity index (χ1n) is 5.62. The summed E-state index contributed by atoms with van der Waals surface area (Å²) in [5, 5.41) is 20.8. The summed E-state index contributed by atoms with van der Waals surface area (Å²) in [5.41, 5.74) is -0.642. The maximum atomic E-state index is 13.5. The number of carbonyl (C=O) groups is 2. The van der Waals surface area contributed by atoms with E-state index in [-0.39, 0.29) is 11.3 Å². The quantitative estimate of drug-likeness (QED) is 0.803. The molecule has 5 nitrogen and oxygen atoms in total. The highest BCUT2D eigenvalue weighted by Crippen LogP contribution is 2.22. The van der Waals surface area contributed by atoms with Crippen LogP contribution < -0.4 is 5.32 Å². The third-order valence-electron chi connectivity index (χ3n) is 2.62. The van der Waals surface area contributed by atoms with Crippen LogP contribution >= 0.6 is 0 Å². The number of carboxylic acids is 1. The Morgan fingerprint density at radius 3 is 2.40 bits per heavy atom. The lowest BCUT2D eigenvalue weighted by Crippen LogP contribution is -2.16. The number of nitrogens with one attached hydrogen (secondary N) is 1. The van der Waals surface area contributed by atoms with E-state index in [1.54, 1.807) is 0 Å². The van der Waals surface area contributed by atoms with E-state index in [1.807, 2.05) is 0 Å². The highest BCUT2D eigenvalue weighted by atomic mass is 19.1. The number of hydrogen-bond acceptors (Lipinski definition) is 3. The molecule has 0 bridgehead atoms. The number of rotatable bonds is 3. The summed E-state index contributed by atoms with van der Waals surface area (Å²) in [4.78, 5) is 22.9. The first kappa shape index (κ1) is 13.5. The Morgan fingerprint density at radius 2 is 1.75 bits per heavy atom. The number of anilines is 1. The second-order valence-electron chi connectivity index (χ2n) is 3.94. The van der Waals surface area contributed by atoms with E-state index in [9.17, 15) is 19.1 Å². The van der Waals surface area contributed by atoms with Gasteiger partial charge in [-0.1, -0.05) is 18.2 Å². The minimum Gasteiger partial charge on any atom is -0.507 e. The smallest absolute Gasteiger partial charge is 0.337 e. The van der Waals surface area contributed by atoms with E-state index in [4.69, 9.17) is 5.11 Å². The van der Waals surface area contributed by atoms with Gasteiger partial charge in [-0.2, -0.15) is 0 Å². The number of aromatic carboxylic acids is 1. The van der Waals surface area contributed by atoms with Crippen LogP contribution in [0.15, 0.2) is 42.5 Å². The second kappa shape index (κ2) is 5.40. The van der Waals surface area contributed by atoms with Gasteiger partial charge in [-0.05, 0) is 24.3 Å². The number of aromatic hydroxyl groups is 1. The van der Waals surface area contributed by atoms with Gasteiger partial charge in [0.15, 0.2) is 0 Å².